The molecule has 0 saturated heterocycles. The summed E-state index contributed by atoms with van der Waals surface area (Å²) < 4.78 is 16.6. The van der Waals surface area contributed by atoms with E-state index in [1.54, 1.807) is 0 Å². The van der Waals surface area contributed by atoms with Gasteiger partial charge >= 0.3 is 59.1 Å². The predicted octanol–water partition coefficient (Wildman–Crippen LogP) is -0.815. The quantitative estimate of drug-likeness (QED) is 0.228. The molecule has 0 amide bonds. The minimum absolute atomic E-state index is 0. The van der Waals surface area contributed by atoms with Gasteiger partial charge in [-0.3, -0.25) is 10.5 Å². The van der Waals surface area contributed by atoms with Crippen LogP contribution in [0.3, 0.4) is 0 Å². The minimum atomic E-state index is -0.750. The zero-order chi connectivity index (χ0) is 22.7. The van der Waals surface area contributed by atoms with Crippen LogP contribution in [-0.2, 0) is 14.6 Å². The maximum absolute atomic E-state index is 8.88. The van der Waals surface area contributed by atoms with Crippen LogP contribution in [-0.4, -0.2) is 37.6 Å². The Morgan fingerprint density at radius 1 is 0.774 bits per heavy atom. The molecule has 6 fully saturated rings. The van der Waals surface area contributed by atoms with Crippen LogP contribution < -0.4 is 59.1 Å². The molecule has 10 heteroatoms. The fourth-order valence-corrected chi connectivity index (χ4v) is 6.57. The van der Waals surface area contributed by atoms with Crippen molar-refractivity contribution < 1.29 is 93.3 Å². The first kappa shape index (κ1) is 34.9. The zero-order valence-corrected chi connectivity index (χ0v) is 25.4. The van der Waals surface area contributed by atoms with Crippen LogP contribution in [0.4, 0.5) is 0 Å². The average molecular weight is 481 g/mol. The molecule has 7 nitrogen and oxygen atoms in total. The van der Waals surface area contributed by atoms with Crippen molar-refractivity contribution in [3.8, 4) is 0 Å². The second-order valence-electron chi connectivity index (χ2n) is 10.6. The van der Waals surface area contributed by atoms with Gasteiger partial charge in [-0.2, -0.15) is 0 Å². The molecule has 31 heavy (non-hydrogen) atoms. The molecular weight excluding hydrogens is 442 g/mol. The van der Waals surface area contributed by atoms with Crippen molar-refractivity contribution >= 4 is 19.1 Å². The first-order chi connectivity index (χ1) is 13.4. The number of carbonyl (C=O) groups excluding carboxylic acids is 1. The van der Waals surface area contributed by atoms with Crippen LogP contribution in [0.15, 0.2) is 0 Å². The molecule has 0 aromatic carbocycles. The molecule has 6 aliphatic carbocycles. The van der Waals surface area contributed by atoms with Crippen molar-refractivity contribution in [3.63, 3.8) is 0 Å². The third-order valence-electron chi connectivity index (χ3n) is 8.81. The van der Waals surface area contributed by atoms with Crippen LogP contribution in [0.5, 0.6) is 0 Å². The summed E-state index contributed by atoms with van der Waals surface area (Å²) in [5.41, 5.74) is 0.238. The molecule has 6 aliphatic rings. The van der Waals surface area contributed by atoms with Crippen LogP contribution in [0.2, 0.25) is 0 Å². The van der Waals surface area contributed by atoms with E-state index < -0.39 is 12.3 Å². The SMILES string of the molecule is C=O.CC1(OO)CCC2CC1C2(C)C.CC1(OO)CCC2CC1C2(C)C.[Na+].[Na+].[O-]S[O-]. The Kier molecular flexibility index (Phi) is 15.5. The second-order valence-corrected chi connectivity index (χ2v) is 10.7. The van der Waals surface area contributed by atoms with Crippen molar-refractivity contribution in [2.45, 2.75) is 91.3 Å². The van der Waals surface area contributed by atoms with Gasteiger partial charge in [0.25, 0.3) is 0 Å². The standard InChI is InChI=1S/2C10H18O2.CH2O.2Na.H2O2S/c2*1-9(2)7-4-5-10(3,12-11)8(9)6-7;1-2;;;1-3-2/h2*7-8,11H,4-6H2,1-3H3;1H2;;;1-2H/q;;;2*+1;/p-2. The van der Waals surface area contributed by atoms with E-state index in [1.807, 2.05) is 20.6 Å². The molecule has 6 unspecified atom stereocenters. The molecular formula is C21H38Na2O7S. The number of fused-ring (bicyclic) bond motifs is 4. The van der Waals surface area contributed by atoms with Gasteiger partial charge in [0.15, 0.2) is 0 Å². The summed E-state index contributed by atoms with van der Waals surface area (Å²) in [5.74, 6) is 2.83. The summed E-state index contributed by atoms with van der Waals surface area (Å²) in [6.07, 6.45) is 6.93. The Balaban J connectivity index is 0. The first-order valence-electron chi connectivity index (χ1n) is 10.3. The fourth-order valence-electron chi connectivity index (χ4n) is 6.57. The first-order valence-corrected chi connectivity index (χ1v) is 11.0. The fraction of sp³-hybridized carbons (Fsp3) is 0.952. The average Bonchev–Trinajstić information content (AvgIpc) is 2.70. The largest absolute Gasteiger partial charge is 1.00 e. The van der Waals surface area contributed by atoms with Crippen molar-refractivity contribution in [1.82, 2.24) is 0 Å². The number of hydrogen-bond acceptors (Lipinski definition) is 8. The maximum atomic E-state index is 8.88. The molecule has 0 aromatic rings. The third kappa shape index (κ3) is 6.93. The van der Waals surface area contributed by atoms with Gasteiger partial charge in [0, 0.05) is 0 Å². The van der Waals surface area contributed by atoms with E-state index in [0.29, 0.717) is 22.7 Å². The van der Waals surface area contributed by atoms with Gasteiger partial charge in [-0.05, 0) is 86.9 Å². The zero-order valence-electron chi connectivity index (χ0n) is 20.6. The van der Waals surface area contributed by atoms with E-state index >= 15 is 0 Å². The van der Waals surface area contributed by atoms with E-state index in [1.165, 1.54) is 25.7 Å². The van der Waals surface area contributed by atoms with Crippen LogP contribution in [0.25, 0.3) is 0 Å². The minimum Gasteiger partial charge on any atom is -0.811 e. The van der Waals surface area contributed by atoms with Crippen molar-refractivity contribution in [1.29, 1.82) is 0 Å². The molecule has 4 bridgehead atoms. The van der Waals surface area contributed by atoms with Crippen molar-refractivity contribution in [2.75, 3.05) is 0 Å². The normalized spacial score (nSPS) is 39.4. The van der Waals surface area contributed by atoms with Crippen molar-refractivity contribution in [2.24, 2.45) is 34.5 Å². The van der Waals surface area contributed by atoms with E-state index in [9.17, 15) is 0 Å². The van der Waals surface area contributed by atoms with Crippen LogP contribution >= 0.6 is 12.3 Å². The predicted molar refractivity (Wildman–Crippen MR) is 110 cm³/mol. The second kappa shape index (κ2) is 13.8. The van der Waals surface area contributed by atoms with E-state index in [-0.39, 0.29) is 70.3 Å². The van der Waals surface area contributed by atoms with E-state index in [4.69, 9.17) is 24.4 Å². The third-order valence-corrected chi connectivity index (χ3v) is 8.81. The molecule has 0 radical (unpaired) electrons. The smallest absolute Gasteiger partial charge is 0.811 e. The van der Waals surface area contributed by atoms with Crippen LogP contribution in [0, 0.1) is 34.5 Å². The Labute approximate surface area is 236 Å². The summed E-state index contributed by atoms with van der Waals surface area (Å²) in [6, 6.07) is 0. The number of carbonyl (C=O) groups is 1. The molecule has 172 valence electrons. The van der Waals surface area contributed by atoms with Gasteiger partial charge < -0.3 is 26.2 Å². The Morgan fingerprint density at radius 3 is 1.16 bits per heavy atom. The topological polar surface area (TPSA) is 122 Å². The molecule has 6 saturated carbocycles. The van der Waals surface area contributed by atoms with Gasteiger partial charge in [-0.15, -0.1) is 0 Å². The molecule has 0 heterocycles. The van der Waals surface area contributed by atoms with Crippen LogP contribution in [0.1, 0.15) is 80.1 Å². The summed E-state index contributed by atoms with van der Waals surface area (Å²) in [5, 5.41) is 17.8. The maximum Gasteiger partial charge on any atom is 1.00 e. The molecule has 0 spiro atoms. The van der Waals surface area contributed by atoms with Gasteiger partial charge in [0.1, 0.15) is 18.0 Å². The summed E-state index contributed by atoms with van der Waals surface area (Å²) in [6.45, 7) is 15.2. The molecule has 0 aromatic heterocycles. The summed E-state index contributed by atoms with van der Waals surface area (Å²) in [4.78, 5) is 17.3. The van der Waals surface area contributed by atoms with Crippen molar-refractivity contribution in [3.05, 3.63) is 0 Å². The monoisotopic (exact) mass is 480 g/mol. The Bertz CT molecular complexity index is 492. The summed E-state index contributed by atoms with van der Waals surface area (Å²) in [7, 11) is 0. The van der Waals surface area contributed by atoms with E-state index in [0.717, 1.165) is 24.7 Å². The molecule has 6 atom stereocenters. The van der Waals surface area contributed by atoms with Gasteiger partial charge in [-0.1, -0.05) is 27.7 Å². The molecule has 0 aliphatic heterocycles. The van der Waals surface area contributed by atoms with Gasteiger partial charge in [0.2, 0.25) is 0 Å². The van der Waals surface area contributed by atoms with E-state index in [2.05, 4.69) is 37.5 Å². The van der Waals surface area contributed by atoms with Gasteiger partial charge in [0.05, 0.1) is 0 Å². The molecule has 6 rings (SSSR count). The van der Waals surface area contributed by atoms with Gasteiger partial charge in [-0.25, -0.2) is 9.78 Å². The number of hydrogen-bond donors (Lipinski definition) is 2. The molecule has 2 N–H and O–H groups in total. The summed E-state index contributed by atoms with van der Waals surface area (Å²) >= 11 is -0.750. The Hall–Kier alpha value is 1.78. The Morgan fingerprint density at radius 2 is 1.03 bits per heavy atom. The number of rotatable bonds is 2.